The van der Waals surface area contributed by atoms with E-state index in [1.807, 2.05) is 44.2 Å². The number of carbonyl (C=O) groups is 2. The zero-order chi connectivity index (χ0) is 40.6. The Morgan fingerprint density at radius 2 is 1.58 bits per heavy atom. The lowest BCUT2D eigenvalue weighted by atomic mass is 9.90. The second kappa shape index (κ2) is 14.5. The number of rotatable bonds is 8. The molecule has 296 valence electrons. The maximum atomic E-state index is 12.8. The van der Waals surface area contributed by atoms with Crippen molar-refractivity contribution in [3.05, 3.63) is 110 Å². The molecule has 1 saturated heterocycles. The highest BCUT2D eigenvalue weighted by Gasteiger charge is 2.32. The zero-order valence-electron chi connectivity index (χ0n) is 33.5. The average Bonchev–Trinajstić information content (AvgIpc) is 3.73. The van der Waals surface area contributed by atoms with Crippen molar-refractivity contribution < 1.29 is 24.0 Å². The first-order chi connectivity index (χ1) is 27.0. The molecule has 0 atom stereocenters. The summed E-state index contributed by atoms with van der Waals surface area (Å²) >= 11 is 3.43. The van der Waals surface area contributed by atoms with Crippen LogP contribution in [-0.2, 0) is 28.8 Å². The summed E-state index contributed by atoms with van der Waals surface area (Å²) < 4.78 is 14.2. The predicted molar refractivity (Wildman–Crippen MR) is 227 cm³/mol. The highest BCUT2D eigenvalue weighted by Crippen LogP contribution is 2.43. The summed E-state index contributed by atoms with van der Waals surface area (Å²) in [7, 11) is 0. The van der Waals surface area contributed by atoms with E-state index in [1.54, 1.807) is 19.9 Å². The fourth-order valence-electron chi connectivity index (χ4n) is 8.76. The van der Waals surface area contributed by atoms with Crippen molar-refractivity contribution in [2.75, 3.05) is 26.3 Å². The van der Waals surface area contributed by atoms with Crippen molar-refractivity contribution in [2.45, 2.75) is 78.5 Å². The molecule has 0 spiro atoms. The topological polar surface area (TPSA) is 150 Å². The fraction of sp³-hybridized carbons (Fsp3) is 0.370. The number of ether oxygens (including phenoxy) is 1. The molecule has 2 amide bonds. The Kier molecular flexibility index (Phi) is 9.95. The van der Waals surface area contributed by atoms with Gasteiger partial charge in [0.1, 0.15) is 5.76 Å². The minimum absolute atomic E-state index is 0.132. The van der Waals surface area contributed by atoms with Crippen LogP contribution in [0.2, 0.25) is 0 Å². The minimum atomic E-state index is -0.878. The molecule has 2 aliphatic carbocycles. The molecule has 57 heavy (non-hydrogen) atoms. The number of nitrogens with zero attached hydrogens (tertiary/aromatic N) is 3. The maximum Gasteiger partial charge on any atom is 0.250 e. The Bertz CT molecular complexity index is 2570. The van der Waals surface area contributed by atoms with Gasteiger partial charge in [-0.15, -0.1) is 0 Å². The quantitative estimate of drug-likeness (QED) is 0.139. The van der Waals surface area contributed by atoms with Crippen LogP contribution in [0, 0.1) is 19.8 Å². The average molecular weight is 833 g/mol. The molecule has 4 aromatic carbocycles. The summed E-state index contributed by atoms with van der Waals surface area (Å²) in [4.78, 5) is 27.0. The van der Waals surface area contributed by atoms with Crippen molar-refractivity contribution in [1.82, 2.24) is 14.6 Å². The summed E-state index contributed by atoms with van der Waals surface area (Å²) in [5.41, 5.74) is 22.7. The van der Waals surface area contributed by atoms with Gasteiger partial charge in [0.25, 0.3) is 5.91 Å². The SMILES string of the molecule is CC(C)(O)c1ccc2c(c1)Cc1c(C(N)=O)cc(Br)cc1-2.Cc1noc(C)c1-c1cc(C(N)=O)c2c(c1)c1ccc(C(C)(C)N3CCOCC3)cc1n2CC1CC1. The summed E-state index contributed by atoms with van der Waals surface area (Å²) in [5.74, 6) is 0.548. The van der Waals surface area contributed by atoms with Gasteiger partial charge in [0, 0.05) is 57.1 Å². The second-order valence-corrected chi connectivity index (χ2v) is 17.8. The van der Waals surface area contributed by atoms with Gasteiger partial charge in [-0.2, -0.15) is 0 Å². The van der Waals surface area contributed by atoms with Gasteiger partial charge in [-0.05, 0) is 136 Å². The number of halogens is 1. The number of hydrogen-bond donors (Lipinski definition) is 3. The second-order valence-electron chi connectivity index (χ2n) is 16.9. The van der Waals surface area contributed by atoms with Crippen LogP contribution in [0.25, 0.3) is 44.1 Å². The number of hydrogen-bond acceptors (Lipinski definition) is 7. The van der Waals surface area contributed by atoms with Crippen LogP contribution >= 0.6 is 15.9 Å². The van der Waals surface area contributed by atoms with E-state index in [0.717, 1.165) is 110 Å². The molecule has 2 fully saturated rings. The number of nitrogens with two attached hydrogens (primary N) is 2. The monoisotopic (exact) mass is 831 g/mol. The first kappa shape index (κ1) is 39.0. The Labute approximate surface area is 341 Å². The Morgan fingerprint density at radius 3 is 2.21 bits per heavy atom. The van der Waals surface area contributed by atoms with Gasteiger partial charge in [-0.3, -0.25) is 14.5 Å². The molecule has 1 saturated carbocycles. The van der Waals surface area contributed by atoms with Crippen LogP contribution in [0.1, 0.15) is 95.0 Å². The standard InChI is InChI=1S/C29H34N4O3.C17H16BrNO2/c1-17-26(18(2)36-31-17)20-13-23-22-8-7-21(29(3,4)32-9-11-35-12-10-32)15-25(22)33(16-19-5-6-19)27(23)24(14-20)28(30)34;1-17(2,21)10-3-4-12-9(5-10)6-13-14(12)7-11(18)8-15(13)16(19)20/h7-8,13-15,19H,5-6,9-12,16H2,1-4H3,(H2,30,34);3-5,7-8,21H,6H2,1-2H3,(H2,19,20). The number of fused-ring (bicyclic) bond motifs is 6. The molecule has 1 aliphatic heterocycles. The van der Waals surface area contributed by atoms with Crippen LogP contribution in [0.15, 0.2) is 69.7 Å². The normalized spacial score (nSPS) is 15.7. The van der Waals surface area contributed by atoms with E-state index in [2.05, 4.69) is 68.7 Å². The van der Waals surface area contributed by atoms with Gasteiger partial charge < -0.3 is 30.4 Å². The Balaban J connectivity index is 0.000000184. The van der Waals surface area contributed by atoms with Gasteiger partial charge in [0.2, 0.25) is 5.91 Å². The van der Waals surface area contributed by atoms with E-state index in [-0.39, 0.29) is 5.54 Å². The van der Waals surface area contributed by atoms with Crippen molar-refractivity contribution >= 4 is 49.6 Å². The molecule has 0 radical (unpaired) electrons. The van der Waals surface area contributed by atoms with E-state index >= 15 is 0 Å². The van der Waals surface area contributed by atoms with Crippen molar-refractivity contribution in [1.29, 1.82) is 0 Å². The lowest BCUT2D eigenvalue weighted by Crippen LogP contribution is -2.47. The fourth-order valence-corrected chi connectivity index (χ4v) is 9.21. The van der Waals surface area contributed by atoms with E-state index in [1.165, 1.54) is 18.4 Å². The third-order valence-corrected chi connectivity index (χ3v) is 12.6. The van der Waals surface area contributed by atoms with Gasteiger partial charge >= 0.3 is 0 Å². The van der Waals surface area contributed by atoms with Gasteiger partial charge in [0.05, 0.1) is 35.6 Å². The Morgan fingerprint density at radius 1 is 0.877 bits per heavy atom. The summed E-state index contributed by atoms with van der Waals surface area (Å²) in [5, 5.41) is 16.5. The zero-order valence-corrected chi connectivity index (χ0v) is 35.0. The van der Waals surface area contributed by atoms with Gasteiger partial charge in [-0.1, -0.05) is 51.4 Å². The third-order valence-electron chi connectivity index (χ3n) is 12.1. The summed E-state index contributed by atoms with van der Waals surface area (Å²) in [6, 6.07) is 20.6. The lowest BCUT2D eigenvalue weighted by Gasteiger charge is -2.41. The van der Waals surface area contributed by atoms with Crippen LogP contribution in [0.5, 0.6) is 0 Å². The molecule has 11 heteroatoms. The number of aromatic nitrogens is 2. The van der Waals surface area contributed by atoms with Crippen LogP contribution in [-0.4, -0.2) is 57.8 Å². The molecule has 0 unspecified atom stereocenters. The highest BCUT2D eigenvalue weighted by atomic mass is 79.9. The van der Waals surface area contributed by atoms with Gasteiger partial charge in [0.15, 0.2) is 0 Å². The largest absolute Gasteiger partial charge is 0.386 e. The van der Waals surface area contributed by atoms with E-state index < -0.39 is 17.4 Å². The number of benzene rings is 4. The summed E-state index contributed by atoms with van der Waals surface area (Å²) in [6.45, 7) is 16.2. The number of aryl methyl sites for hydroxylation is 2. The smallest absolute Gasteiger partial charge is 0.250 e. The third kappa shape index (κ3) is 7.20. The molecule has 9 rings (SSSR count). The molecule has 2 aromatic heterocycles. The van der Waals surface area contributed by atoms with E-state index in [0.29, 0.717) is 23.5 Å². The number of aliphatic hydroxyl groups is 1. The molecule has 0 bridgehead atoms. The molecule has 3 aliphatic rings. The first-order valence-electron chi connectivity index (χ1n) is 19.7. The molecular weight excluding hydrogens is 782 g/mol. The maximum absolute atomic E-state index is 12.8. The van der Waals surface area contributed by atoms with Crippen molar-refractivity contribution in [2.24, 2.45) is 17.4 Å². The van der Waals surface area contributed by atoms with E-state index in [9.17, 15) is 14.7 Å². The van der Waals surface area contributed by atoms with E-state index in [4.69, 9.17) is 20.7 Å². The molecule has 3 heterocycles. The van der Waals surface area contributed by atoms with Gasteiger partial charge in [-0.25, -0.2) is 0 Å². The minimum Gasteiger partial charge on any atom is -0.386 e. The first-order valence-corrected chi connectivity index (χ1v) is 20.5. The summed E-state index contributed by atoms with van der Waals surface area (Å²) in [6.07, 6.45) is 3.12. The van der Waals surface area contributed by atoms with Crippen molar-refractivity contribution in [3.8, 4) is 22.3 Å². The highest BCUT2D eigenvalue weighted by molar-refractivity contribution is 9.10. The molecule has 10 nitrogen and oxygen atoms in total. The van der Waals surface area contributed by atoms with Crippen LogP contribution in [0.3, 0.4) is 0 Å². The number of carbonyl (C=O) groups excluding carboxylic acids is 2. The molecule has 6 aromatic rings. The van der Waals surface area contributed by atoms with Crippen LogP contribution in [0.4, 0.5) is 0 Å². The number of amides is 2. The van der Waals surface area contributed by atoms with Crippen LogP contribution < -0.4 is 11.5 Å². The number of morpholine rings is 1. The predicted octanol–water partition coefficient (Wildman–Crippen LogP) is 8.49. The molecule has 5 N–H and O–H groups in total. The number of primary amides is 2. The lowest BCUT2D eigenvalue weighted by molar-refractivity contribution is -0.0117. The van der Waals surface area contributed by atoms with Crippen molar-refractivity contribution in [3.63, 3.8) is 0 Å². The Hall–Kier alpha value is -4.81. The molecular formula is C46H50BrN5O5.